The smallest absolute Gasteiger partial charge is 0.319 e. The van der Waals surface area contributed by atoms with Crippen LogP contribution in [0, 0.1) is 6.92 Å². The molecule has 5 nitrogen and oxygen atoms in total. The molecule has 0 atom stereocenters. The van der Waals surface area contributed by atoms with Crippen molar-refractivity contribution in [1.29, 1.82) is 0 Å². The van der Waals surface area contributed by atoms with Gasteiger partial charge in [-0.25, -0.2) is 4.79 Å². The number of carbonyl (C=O) groups is 1. The molecule has 0 aliphatic heterocycles. The number of urea groups is 1. The average Bonchev–Trinajstić information content (AvgIpc) is 2.46. The van der Waals surface area contributed by atoms with Gasteiger partial charge in [-0.2, -0.15) is 0 Å². The second kappa shape index (κ2) is 7.19. The van der Waals surface area contributed by atoms with Gasteiger partial charge < -0.3 is 21.1 Å². The highest BCUT2D eigenvalue weighted by Crippen LogP contribution is 2.12. The normalized spacial score (nSPS) is 9.95. The van der Waals surface area contributed by atoms with Gasteiger partial charge in [-0.1, -0.05) is 12.1 Å². The first kappa shape index (κ1) is 14.7. The average molecular weight is 285 g/mol. The van der Waals surface area contributed by atoms with Gasteiger partial charge in [0, 0.05) is 11.4 Å². The summed E-state index contributed by atoms with van der Waals surface area (Å²) in [5.74, 6) is 0.802. The zero-order chi connectivity index (χ0) is 15.1. The van der Waals surface area contributed by atoms with Crippen molar-refractivity contribution < 1.29 is 9.53 Å². The molecule has 0 aliphatic rings. The molecule has 0 aliphatic carbocycles. The summed E-state index contributed by atoms with van der Waals surface area (Å²) in [4.78, 5) is 11.7. The Hall–Kier alpha value is -2.69. The summed E-state index contributed by atoms with van der Waals surface area (Å²) >= 11 is 0. The number of ether oxygens (including phenoxy) is 1. The van der Waals surface area contributed by atoms with Crippen LogP contribution >= 0.6 is 0 Å². The van der Waals surface area contributed by atoms with Crippen molar-refractivity contribution in [3.63, 3.8) is 0 Å². The van der Waals surface area contributed by atoms with E-state index >= 15 is 0 Å². The van der Waals surface area contributed by atoms with Gasteiger partial charge in [0.15, 0.2) is 0 Å². The topological polar surface area (TPSA) is 76.4 Å². The fraction of sp³-hybridized carbons (Fsp3) is 0.188. The minimum atomic E-state index is -0.271. The molecular weight excluding hydrogens is 266 g/mol. The van der Waals surface area contributed by atoms with Gasteiger partial charge in [0.1, 0.15) is 12.4 Å². The van der Waals surface area contributed by atoms with E-state index in [9.17, 15) is 4.79 Å². The largest absolute Gasteiger partial charge is 0.492 e. The first-order chi connectivity index (χ1) is 10.1. The number of benzene rings is 2. The van der Waals surface area contributed by atoms with Crippen molar-refractivity contribution in [3.8, 4) is 5.75 Å². The van der Waals surface area contributed by atoms with E-state index in [4.69, 9.17) is 10.5 Å². The molecule has 0 heterocycles. The maximum Gasteiger partial charge on any atom is 0.319 e. The van der Waals surface area contributed by atoms with Gasteiger partial charge in [-0.05, 0) is 48.9 Å². The highest BCUT2D eigenvalue weighted by atomic mass is 16.5. The third kappa shape index (κ3) is 5.06. The van der Waals surface area contributed by atoms with Crippen LogP contribution in [0.25, 0.3) is 0 Å². The lowest BCUT2D eigenvalue weighted by molar-refractivity contribution is 0.247. The minimum Gasteiger partial charge on any atom is -0.492 e. The Morgan fingerprint density at radius 1 is 1.19 bits per heavy atom. The van der Waals surface area contributed by atoms with Gasteiger partial charge in [-0.15, -0.1) is 0 Å². The lowest BCUT2D eigenvalue weighted by atomic mass is 10.2. The Bertz CT molecular complexity index is 597. The van der Waals surface area contributed by atoms with E-state index < -0.39 is 0 Å². The fourth-order valence-electron chi connectivity index (χ4n) is 1.78. The van der Waals surface area contributed by atoms with Gasteiger partial charge in [-0.3, -0.25) is 0 Å². The number of amides is 2. The molecule has 0 saturated carbocycles. The molecule has 2 amide bonds. The first-order valence-electron chi connectivity index (χ1n) is 6.73. The van der Waals surface area contributed by atoms with Crippen molar-refractivity contribution >= 4 is 17.4 Å². The van der Waals surface area contributed by atoms with E-state index in [0.717, 1.165) is 11.3 Å². The molecule has 5 heteroatoms. The molecule has 0 unspecified atom stereocenters. The fourth-order valence-corrected chi connectivity index (χ4v) is 1.78. The molecular formula is C16H19N3O2. The van der Waals surface area contributed by atoms with E-state index in [0.29, 0.717) is 24.5 Å². The molecule has 0 saturated heterocycles. The van der Waals surface area contributed by atoms with Crippen molar-refractivity contribution in [2.24, 2.45) is 0 Å². The van der Waals surface area contributed by atoms with Crippen LogP contribution in [-0.2, 0) is 0 Å². The second-order valence-corrected chi connectivity index (χ2v) is 4.67. The second-order valence-electron chi connectivity index (χ2n) is 4.67. The monoisotopic (exact) mass is 285 g/mol. The van der Waals surface area contributed by atoms with Crippen LogP contribution in [0.4, 0.5) is 16.2 Å². The quantitative estimate of drug-likeness (QED) is 0.584. The highest BCUT2D eigenvalue weighted by Gasteiger charge is 2.01. The number of carbonyl (C=O) groups excluding carboxylic acids is 1. The Kier molecular flexibility index (Phi) is 5.04. The zero-order valence-electron chi connectivity index (χ0n) is 11.9. The molecule has 110 valence electrons. The van der Waals surface area contributed by atoms with Gasteiger partial charge in [0.05, 0.1) is 6.54 Å². The van der Waals surface area contributed by atoms with Crippen LogP contribution in [0.2, 0.25) is 0 Å². The summed E-state index contributed by atoms with van der Waals surface area (Å²) in [5, 5.41) is 5.44. The lowest BCUT2D eigenvalue weighted by Gasteiger charge is -2.09. The Morgan fingerprint density at radius 2 is 1.95 bits per heavy atom. The number of rotatable bonds is 5. The number of nitrogens with two attached hydrogens (primary N) is 1. The molecule has 0 radical (unpaired) electrons. The Balaban J connectivity index is 1.68. The molecule has 0 spiro atoms. The number of hydrogen-bond acceptors (Lipinski definition) is 3. The van der Waals surface area contributed by atoms with Crippen molar-refractivity contribution in [2.75, 3.05) is 24.2 Å². The van der Waals surface area contributed by atoms with E-state index in [1.54, 1.807) is 24.3 Å². The Morgan fingerprint density at radius 3 is 2.67 bits per heavy atom. The number of nitrogen functional groups attached to an aromatic ring is 1. The number of aryl methyl sites for hydroxylation is 1. The van der Waals surface area contributed by atoms with Gasteiger partial charge in [0.2, 0.25) is 0 Å². The van der Waals surface area contributed by atoms with Gasteiger partial charge >= 0.3 is 6.03 Å². The molecule has 4 N–H and O–H groups in total. The van der Waals surface area contributed by atoms with E-state index in [1.165, 1.54) is 0 Å². The summed E-state index contributed by atoms with van der Waals surface area (Å²) < 4.78 is 5.54. The van der Waals surface area contributed by atoms with Gasteiger partial charge in [0.25, 0.3) is 0 Å². The number of nitrogens with one attached hydrogen (secondary N) is 2. The molecule has 2 rings (SSSR count). The zero-order valence-corrected chi connectivity index (χ0v) is 11.9. The third-order valence-electron chi connectivity index (χ3n) is 2.81. The van der Waals surface area contributed by atoms with Crippen molar-refractivity contribution in [1.82, 2.24) is 5.32 Å². The first-order valence-corrected chi connectivity index (χ1v) is 6.73. The van der Waals surface area contributed by atoms with Crippen LogP contribution < -0.4 is 21.1 Å². The van der Waals surface area contributed by atoms with Crippen LogP contribution in [0.5, 0.6) is 5.75 Å². The summed E-state index contributed by atoms with van der Waals surface area (Å²) in [6.07, 6.45) is 0. The van der Waals surface area contributed by atoms with Crippen molar-refractivity contribution in [3.05, 3.63) is 54.1 Å². The van der Waals surface area contributed by atoms with E-state index in [-0.39, 0.29) is 6.03 Å². The van der Waals surface area contributed by atoms with Crippen LogP contribution in [0.15, 0.2) is 48.5 Å². The molecule has 0 aromatic heterocycles. The highest BCUT2D eigenvalue weighted by molar-refractivity contribution is 5.89. The van der Waals surface area contributed by atoms with Crippen LogP contribution in [0.1, 0.15) is 5.56 Å². The molecule has 2 aromatic rings. The number of hydrogen-bond donors (Lipinski definition) is 3. The predicted molar refractivity (Wildman–Crippen MR) is 84.5 cm³/mol. The predicted octanol–water partition coefficient (Wildman–Crippen LogP) is 2.78. The summed E-state index contributed by atoms with van der Waals surface area (Å²) in [7, 11) is 0. The minimum absolute atomic E-state index is 0.271. The number of anilines is 2. The van der Waals surface area contributed by atoms with Crippen LogP contribution in [0.3, 0.4) is 0 Å². The Labute approximate surface area is 124 Å². The maximum atomic E-state index is 11.7. The van der Waals surface area contributed by atoms with Crippen LogP contribution in [-0.4, -0.2) is 19.2 Å². The molecule has 21 heavy (non-hydrogen) atoms. The maximum absolute atomic E-state index is 11.7. The lowest BCUT2D eigenvalue weighted by Crippen LogP contribution is -2.32. The van der Waals surface area contributed by atoms with Crippen molar-refractivity contribution in [2.45, 2.75) is 6.92 Å². The van der Waals surface area contributed by atoms with E-state index in [2.05, 4.69) is 10.6 Å². The molecule has 0 fully saturated rings. The summed E-state index contributed by atoms with van der Waals surface area (Å²) in [5.41, 5.74) is 8.07. The standard InChI is InChI=1S/C16H19N3O2/c1-12-3-2-4-15(11-12)21-10-9-18-16(20)19-14-7-5-13(17)6-8-14/h2-8,11H,9-10,17H2,1H3,(H2,18,19,20). The summed E-state index contributed by atoms with van der Waals surface area (Å²) in [6, 6.07) is 14.5. The third-order valence-corrected chi connectivity index (χ3v) is 2.81. The van der Waals surface area contributed by atoms with E-state index in [1.807, 2.05) is 31.2 Å². The molecule has 0 bridgehead atoms. The molecule has 2 aromatic carbocycles. The summed E-state index contributed by atoms with van der Waals surface area (Å²) in [6.45, 7) is 2.85. The SMILES string of the molecule is Cc1cccc(OCCNC(=O)Nc2ccc(N)cc2)c1.